The van der Waals surface area contributed by atoms with Gasteiger partial charge in [0.2, 0.25) is 5.91 Å². The van der Waals surface area contributed by atoms with Crippen molar-refractivity contribution in [2.24, 2.45) is 0 Å². The largest absolute Gasteiger partial charge is 0.504 e. The van der Waals surface area contributed by atoms with E-state index in [1.165, 1.54) is 24.9 Å². The molecule has 9 heteroatoms. The molecule has 0 spiro atoms. The van der Waals surface area contributed by atoms with Crippen molar-refractivity contribution in [3.05, 3.63) is 74.5 Å². The third-order valence-electron chi connectivity index (χ3n) is 4.82. The van der Waals surface area contributed by atoms with Crippen LogP contribution in [0.2, 0.25) is 5.02 Å². The van der Waals surface area contributed by atoms with Crippen molar-refractivity contribution in [2.75, 3.05) is 12.4 Å². The van der Waals surface area contributed by atoms with Crippen LogP contribution in [-0.4, -0.2) is 28.1 Å². The van der Waals surface area contributed by atoms with Crippen molar-refractivity contribution < 1.29 is 14.6 Å². The number of hydrogen-bond acceptors (Lipinski definition) is 6. The molecule has 3 N–H and O–H groups in total. The van der Waals surface area contributed by atoms with Crippen molar-refractivity contribution in [3.8, 4) is 11.5 Å². The second kappa shape index (κ2) is 8.41. The number of benzene rings is 2. The van der Waals surface area contributed by atoms with E-state index in [9.17, 15) is 14.7 Å². The number of anilines is 1. The minimum Gasteiger partial charge on any atom is -0.504 e. The van der Waals surface area contributed by atoms with E-state index < -0.39 is 5.92 Å². The summed E-state index contributed by atoms with van der Waals surface area (Å²) < 4.78 is 5.16. The van der Waals surface area contributed by atoms with Gasteiger partial charge in [-0.2, -0.15) is 0 Å². The summed E-state index contributed by atoms with van der Waals surface area (Å²) in [4.78, 5) is 32.5. The fraction of sp³-hybridized carbons (Fsp3) is 0.190. The molecule has 4 rings (SSSR count). The minimum absolute atomic E-state index is 0.0114. The molecule has 0 saturated heterocycles. The van der Waals surface area contributed by atoms with Gasteiger partial charge in [-0.25, -0.2) is 4.98 Å². The lowest BCUT2D eigenvalue weighted by Crippen LogP contribution is -2.31. The highest BCUT2D eigenvalue weighted by Crippen LogP contribution is 2.38. The second-order valence-corrected chi connectivity index (χ2v) is 8.19. The number of methoxy groups -OCH3 is 1. The number of hydrogen-bond donors (Lipinski definition) is 3. The Morgan fingerprint density at radius 3 is 2.73 bits per heavy atom. The number of carbonyl (C=O) groups is 1. The topological polar surface area (TPSA) is 104 Å². The molecule has 1 amide bonds. The zero-order chi connectivity index (χ0) is 21.3. The average molecular weight is 444 g/mol. The highest BCUT2D eigenvalue weighted by molar-refractivity contribution is 7.98. The molecule has 1 aliphatic heterocycles. The molecule has 30 heavy (non-hydrogen) atoms. The summed E-state index contributed by atoms with van der Waals surface area (Å²) in [6, 6.07) is 12.2. The van der Waals surface area contributed by atoms with Gasteiger partial charge in [-0.05, 0) is 35.4 Å². The number of thioether (sulfide) groups is 1. The molecule has 2 aromatic carbocycles. The van der Waals surface area contributed by atoms with Crippen LogP contribution >= 0.6 is 23.4 Å². The third-order valence-corrected chi connectivity index (χ3v) is 6.02. The third kappa shape index (κ3) is 4.15. The zero-order valence-corrected chi connectivity index (χ0v) is 17.5. The van der Waals surface area contributed by atoms with Crippen LogP contribution in [0.5, 0.6) is 11.5 Å². The fourth-order valence-electron chi connectivity index (χ4n) is 3.35. The van der Waals surface area contributed by atoms with Crippen LogP contribution in [0.1, 0.15) is 29.0 Å². The Kier molecular flexibility index (Phi) is 5.69. The average Bonchev–Trinajstić information content (AvgIpc) is 2.73. The molecule has 154 valence electrons. The van der Waals surface area contributed by atoms with Crippen LogP contribution < -0.4 is 15.6 Å². The normalized spacial score (nSPS) is 15.4. The molecule has 1 aromatic heterocycles. The van der Waals surface area contributed by atoms with Crippen molar-refractivity contribution in [2.45, 2.75) is 23.2 Å². The van der Waals surface area contributed by atoms with Gasteiger partial charge in [0, 0.05) is 23.1 Å². The molecule has 2 heterocycles. The number of aromatic nitrogens is 2. The molecular formula is C21H18ClN3O4S. The van der Waals surface area contributed by atoms with E-state index in [1.807, 2.05) is 12.1 Å². The first kappa shape index (κ1) is 20.3. The molecule has 0 bridgehead atoms. The number of aromatic hydroxyl groups is 1. The summed E-state index contributed by atoms with van der Waals surface area (Å²) in [5.74, 6) is 0.389. The van der Waals surface area contributed by atoms with Gasteiger partial charge < -0.3 is 20.1 Å². The summed E-state index contributed by atoms with van der Waals surface area (Å²) in [7, 11) is 1.44. The second-order valence-electron chi connectivity index (χ2n) is 6.78. The summed E-state index contributed by atoms with van der Waals surface area (Å²) in [5, 5.41) is 13.6. The van der Waals surface area contributed by atoms with E-state index >= 15 is 0 Å². The lowest BCUT2D eigenvalue weighted by molar-refractivity contribution is -0.116. The molecule has 1 aliphatic rings. The Morgan fingerprint density at radius 2 is 2.00 bits per heavy atom. The smallest absolute Gasteiger partial charge is 0.257 e. The Morgan fingerprint density at radius 1 is 1.23 bits per heavy atom. The molecule has 0 aliphatic carbocycles. The zero-order valence-electron chi connectivity index (χ0n) is 15.9. The predicted octanol–water partition coefficient (Wildman–Crippen LogP) is 3.90. The number of amides is 1. The number of carbonyl (C=O) groups excluding carboxylic acids is 1. The lowest BCUT2D eigenvalue weighted by atomic mass is 9.86. The van der Waals surface area contributed by atoms with Crippen molar-refractivity contribution in [1.82, 2.24) is 9.97 Å². The lowest BCUT2D eigenvalue weighted by Gasteiger charge is -2.25. The summed E-state index contributed by atoms with van der Waals surface area (Å²) in [6.07, 6.45) is 0.100. The number of aromatic amines is 1. The highest BCUT2D eigenvalue weighted by atomic mass is 35.5. The number of ether oxygens (including phenoxy) is 1. The van der Waals surface area contributed by atoms with E-state index in [1.54, 1.807) is 24.3 Å². The van der Waals surface area contributed by atoms with Gasteiger partial charge in [-0.3, -0.25) is 9.59 Å². The standard InChI is InChI=1S/C21H18ClN3O4S/c1-29-16-8-12(4-7-15(16)26)14-9-17(27)23-19-18(14)20(28)25-21(24-19)30-10-11-2-5-13(22)6-3-11/h2-8,14,26H,9-10H2,1H3,(H2,23,24,25,27,28). The summed E-state index contributed by atoms with van der Waals surface area (Å²) >= 11 is 7.26. The van der Waals surface area contributed by atoms with Crippen LogP contribution in [0, 0.1) is 0 Å². The van der Waals surface area contributed by atoms with Crippen molar-refractivity contribution in [1.29, 1.82) is 0 Å². The van der Waals surface area contributed by atoms with Gasteiger partial charge in [-0.1, -0.05) is 41.6 Å². The van der Waals surface area contributed by atoms with E-state index in [4.69, 9.17) is 16.3 Å². The maximum Gasteiger partial charge on any atom is 0.257 e. The maximum absolute atomic E-state index is 12.9. The fourth-order valence-corrected chi connectivity index (χ4v) is 4.29. The van der Waals surface area contributed by atoms with E-state index in [2.05, 4.69) is 15.3 Å². The molecule has 7 nitrogen and oxygen atoms in total. The number of rotatable bonds is 5. The molecule has 3 aromatic rings. The maximum atomic E-state index is 12.9. The van der Waals surface area contributed by atoms with E-state index in [-0.39, 0.29) is 35.2 Å². The van der Waals surface area contributed by atoms with Crippen LogP contribution in [0.25, 0.3) is 0 Å². The number of phenolic OH excluding ortho intramolecular Hbond substituents is 1. The monoisotopic (exact) mass is 443 g/mol. The Labute approximate surface area is 181 Å². The first-order valence-corrected chi connectivity index (χ1v) is 10.5. The van der Waals surface area contributed by atoms with Gasteiger partial charge in [-0.15, -0.1) is 0 Å². The number of H-pyrrole nitrogens is 1. The molecule has 1 atom stereocenters. The molecule has 1 unspecified atom stereocenters. The van der Waals surface area contributed by atoms with Gasteiger partial charge in [0.15, 0.2) is 16.7 Å². The Bertz CT molecular complexity index is 1160. The van der Waals surface area contributed by atoms with Crippen LogP contribution in [0.3, 0.4) is 0 Å². The Hall–Kier alpha value is -2.97. The number of fused-ring (bicyclic) bond motifs is 1. The first-order chi connectivity index (χ1) is 14.4. The first-order valence-electron chi connectivity index (χ1n) is 9.13. The predicted molar refractivity (Wildman–Crippen MR) is 116 cm³/mol. The van der Waals surface area contributed by atoms with Crippen molar-refractivity contribution >= 4 is 35.1 Å². The SMILES string of the molecule is COc1cc(C2CC(=O)Nc3nc(SCc4ccc(Cl)cc4)[nH]c(=O)c32)ccc1O. The van der Waals surface area contributed by atoms with E-state index in [0.29, 0.717) is 27.1 Å². The molecular weight excluding hydrogens is 426 g/mol. The van der Waals surface area contributed by atoms with Gasteiger partial charge in [0.25, 0.3) is 5.56 Å². The molecule has 0 radical (unpaired) electrons. The number of nitrogens with zero attached hydrogens (tertiary/aromatic N) is 1. The van der Waals surface area contributed by atoms with Crippen LogP contribution in [0.15, 0.2) is 52.4 Å². The molecule has 0 saturated carbocycles. The van der Waals surface area contributed by atoms with Gasteiger partial charge >= 0.3 is 0 Å². The number of halogens is 1. The minimum atomic E-state index is -0.491. The van der Waals surface area contributed by atoms with Gasteiger partial charge in [0.1, 0.15) is 5.82 Å². The molecule has 0 fully saturated rings. The van der Waals surface area contributed by atoms with Crippen LogP contribution in [0.4, 0.5) is 5.82 Å². The van der Waals surface area contributed by atoms with Gasteiger partial charge in [0.05, 0.1) is 12.7 Å². The van der Waals surface area contributed by atoms with Crippen molar-refractivity contribution in [3.63, 3.8) is 0 Å². The highest BCUT2D eigenvalue weighted by Gasteiger charge is 2.31. The Balaban J connectivity index is 1.66. The number of phenols is 1. The van der Waals surface area contributed by atoms with Crippen LogP contribution in [-0.2, 0) is 10.5 Å². The summed E-state index contributed by atoms with van der Waals surface area (Å²) in [5.41, 5.74) is 1.80. The quantitative estimate of drug-likeness (QED) is 0.408. The summed E-state index contributed by atoms with van der Waals surface area (Å²) in [6.45, 7) is 0. The van der Waals surface area contributed by atoms with E-state index in [0.717, 1.165) is 5.56 Å². The number of nitrogens with one attached hydrogen (secondary N) is 2.